The van der Waals surface area contributed by atoms with Crippen LogP contribution in [0.1, 0.15) is 49.1 Å². The van der Waals surface area contributed by atoms with E-state index >= 15 is 0 Å². The van der Waals surface area contributed by atoms with Crippen molar-refractivity contribution in [1.29, 1.82) is 5.26 Å². The molecule has 6 nitrogen and oxygen atoms in total. The Balaban J connectivity index is 1.50. The number of likely N-dealkylation sites (tertiary alicyclic amines) is 1. The molecule has 2 atom stereocenters. The van der Waals surface area contributed by atoms with Crippen molar-refractivity contribution in [1.82, 2.24) is 10.1 Å². The van der Waals surface area contributed by atoms with E-state index in [0.29, 0.717) is 22.4 Å². The second-order valence-electron chi connectivity index (χ2n) is 7.08. The van der Waals surface area contributed by atoms with Gasteiger partial charge in [-0.25, -0.2) is 0 Å². The van der Waals surface area contributed by atoms with Gasteiger partial charge in [0.25, 0.3) is 0 Å². The standard InChI is InChI=1S/C17H21N3O3/c1-11-12(9-18)13(19-23-11)8-15(21)20-10-17(5-3-6-17)16(20)14-4-2-7-22-14/h14,16H,2-8,10H2,1H3. The van der Waals surface area contributed by atoms with E-state index < -0.39 is 0 Å². The van der Waals surface area contributed by atoms with Crippen LogP contribution in [0.5, 0.6) is 0 Å². The first kappa shape index (κ1) is 14.7. The quantitative estimate of drug-likeness (QED) is 0.852. The van der Waals surface area contributed by atoms with Crippen molar-refractivity contribution < 1.29 is 14.1 Å². The van der Waals surface area contributed by atoms with Gasteiger partial charge in [-0.15, -0.1) is 0 Å². The van der Waals surface area contributed by atoms with E-state index in [-0.39, 0.29) is 24.5 Å². The lowest BCUT2D eigenvalue weighted by Gasteiger charge is -2.63. The average molecular weight is 315 g/mol. The molecule has 0 N–H and O–H groups in total. The van der Waals surface area contributed by atoms with Gasteiger partial charge in [0.2, 0.25) is 5.91 Å². The van der Waals surface area contributed by atoms with Crippen LogP contribution in [0.3, 0.4) is 0 Å². The molecule has 122 valence electrons. The second-order valence-corrected chi connectivity index (χ2v) is 7.08. The molecule has 2 saturated heterocycles. The molecule has 3 heterocycles. The topological polar surface area (TPSA) is 79.4 Å². The number of aryl methyl sites for hydroxylation is 1. The Labute approximate surface area is 135 Å². The third-order valence-electron chi connectivity index (χ3n) is 5.80. The highest BCUT2D eigenvalue weighted by molar-refractivity contribution is 5.80. The number of nitriles is 1. The Hall–Kier alpha value is -1.87. The number of hydrogen-bond acceptors (Lipinski definition) is 5. The molecule has 1 spiro atoms. The number of carbonyl (C=O) groups is 1. The van der Waals surface area contributed by atoms with Gasteiger partial charge in [-0.3, -0.25) is 4.79 Å². The van der Waals surface area contributed by atoms with Crippen LogP contribution in [0, 0.1) is 23.7 Å². The minimum Gasteiger partial charge on any atom is -0.376 e. The molecule has 2 unspecified atom stereocenters. The Morgan fingerprint density at radius 2 is 2.30 bits per heavy atom. The first-order valence-corrected chi connectivity index (χ1v) is 8.41. The monoisotopic (exact) mass is 315 g/mol. The van der Waals surface area contributed by atoms with Crippen molar-refractivity contribution in [2.45, 2.75) is 57.6 Å². The molecule has 1 aliphatic carbocycles. The highest BCUT2D eigenvalue weighted by atomic mass is 16.5. The second kappa shape index (κ2) is 5.34. The summed E-state index contributed by atoms with van der Waals surface area (Å²) < 4.78 is 10.9. The highest BCUT2D eigenvalue weighted by Crippen LogP contribution is 2.55. The van der Waals surface area contributed by atoms with E-state index in [1.54, 1.807) is 6.92 Å². The van der Waals surface area contributed by atoms with Crippen LogP contribution in [-0.2, 0) is 16.0 Å². The van der Waals surface area contributed by atoms with Crippen molar-refractivity contribution in [3.63, 3.8) is 0 Å². The van der Waals surface area contributed by atoms with Crippen molar-refractivity contribution in [3.05, 3.63) is 17.0 Å². The normalized spacial score (nSPS) is 28.3. The summed E-state index contributed by atoms with van der Waals surface area (Å²) in [6.07, 6.45) is 6.11. The van der Waals surface area contributed by atoms with Crippen LogP contribution in [0.2, 0.25) is 0 Å². The van der Waals surface area contributed by atoms with Crippen LogP contribution in [0.15, 0.2) is 4.52 Å². The fourth-order valence-electron chi connectivity index (χ4n) is 4.45. The van der Waals surface area contributed by atoms with Crippen molar-refractivity contribution in [2.24, 2.45) is 5.41 Å². The molecule has 1 aromatic heterocycles. The zero-order valence-corrected chi connectivity index (χ0v) is 13.4. The lowest BCUT2D eigenvalue weighted by molar-refractivity contribution is -0.187. The number of aromatic nitrogens is 1. The summed E-state index contributed by atoms with van der Waals surface area (Å²) in [6.45, 7) is 3.33. The fraction of sp³-hybridized carbons (Fsp3) is 0.706. The van der Waals surface area contributed by atoms with E-state index in [0.717, 1.165) is 26.0 Å². The van der Waals surface area contributed by atoms with E-state index in [2.05, 4.69) is 11.2 Å². The van der Waals surface area contributed by atoms with Gasteiger partial charge < -0.3 is 14.2 Å². The van der Waals surface area contributed by atoms with E-state index in [1.807, 2.05) is 4.90 Å². The zero-order chi connectivity index (χ0) is 16.0. The molecule has 1 saturated carbocycles. The Morgan fingerprint density at radius 3 is 2.91 bits per heavy atom. The van der Waals surface area contributed by atoms with Gasteiger partial charge >= 0.3 is 0 Å². The molecule has 0 bridgehead atoms. The smallest absolute Gasteiger partial charge is 0.229 e. The maximum absolute atomic E-state index is 12.7. The average Bonchev–Trinajstić information content (AvgIpc) is 3.07. The largest absolute Gasteiger partial charge is 0.376 e. The van der Waals surface area contributed by atoms with Crippen LogP contribution in [-0.4, -0.2) is 41.3 Å². The first-order valence-electron chi connectivity index (χ1n) is 8.41. The van der Waals surface area contributed by atoms with Crippen LogP contribution < -0.4 is 0 Å². The molecule has 0 aromatic carbocycles. The molecule has 0 radical (unpaired) electrons. The SMILES string of the molecule is Cc1onc(CC(=O)N2CC3(CCC3)C2C2CCCO2)c1C#N. The zero-order valence-electron chi connectivity index (χ0n) is 13.4. The van der Waals surface area contributed by atoms with E-state index in [9.17, 15) is 10.1 Å². The van der Waals surface area contributed by atoms with Gasteiger partial charge in [0.15, 0.2) is 5.76 Å². The molecule has 1 aromatic rings. The van der Waals surface area contributed by atoms with Gasteiger partial charge in [-0.05, 0) is 32.6 Å². The van der Waals surface area contributed by atoms with Gasteiger partial charge in [-0.2, -0.15) is 5.26 Å². The van der Waals surface area contributed by atoms with Gasteiger partial charge in [0.05, 0.1) is 18.6 Å². The molecular weight excluding hydrogens is 294 g/mol. The highest BCUT2D eigenvalue weighted by Gasteiger charge is 2.60. The summed E-state index contributed by atoms with van der Waals surface area (Å²) in [4.78, 5) is 14.7. The van der Waals surface area contributed by atoms with Crippen LogP contribution in [0.4, 0.5) is 0 Å². The third kappa shape index (κ3) is 2.18. The number of nitrogens with zero attached hydrogens (tertiary/aromatic N) is 3. The van der Waals surface area contributed by atoms with Crippen molar-refractivity contribution in [3.8, 4) is 6.07 Å². The van der Waals surface area contributed by atoms with Crippen molar-refractivity contribution in [2.75, 3.05) is 13.2 Å². The Bertz CT molecular complexity index is 665. The molecule has 4 rings (SSSR count). The number of carbonyl (C=O) groups excluding carboxylic acids is 1. The summed E-state index contributed by atoms with van der Waals surface area (Å²) >= 11 is 0. The minimum absolute atomic E-state index is 0.0350. The predicted molar refractivity (Wildman–Crippen MR) is 80.4 cm³/mol. The van der Waals surface area contributed by atoms with E-state index in [1.165, 1.54) is 19.3 Å². The fourth-order valence-corrected chi connectivity index (χ4v) is 4.45. The molecular formula is C17H21N3O3. The predicted octanol–water partition coefficient (Wildman–Crippen LogP) is 1.96. The maximum atomic E-state index is 12.7. The van der Waals surface area contributed by atoms with E-state index in [4.69, 9.17) is 9.26 Å². The summed E-state index contributed by atoms with van der Waals surface area (Å²) in [5.41, 5.74) is 1.14. The van der Waals surface area contributed by atoms with Crippen LogP contribution >= 0.6 is 0 Å². The molecule has 3 fully saturated rings. The number of hydrogen-bond donors (Lipinski definition) is 0. The number of amides is 1. The third-order valence-corrected chi connectivity index (χ3v) is 5.80. The summed E-state index contributed by atoms with van der Waals surface area (Å²) in [5, 5.41) is 13.1. The Morgan fingerprint density at radius 1 is 1.48 bits per heavy atom. The summed E-state index contributed by atoms with van der Waals surface area (Å²) in [5.74, 6) is 0.512. The summed E-state index contributed by atoms with van der Waals surface area (Å²) in [7, 11) is 0. The van der Waals surface area contributed by atoms with Gasteiger partial charge in [0.1, 0.15) is 17.3 Å². The first-order chi connectivity index (χ1) is 11.1. The lowest BCUT2D eigenvalue weighted by atomic mass is 9.56. The van der Waals surface area contributed by atoms with Gasteiger partial charge in [-0.1, -0.05) is 11.6 Å². The minimum atomic E-state index is 0.0350. The molecule has 2 aliphatic heterocycles. The summed E-state index contributed by atoms with van der Waals surface area (Å²) in [6, 6.07) is 2.29. The molecule has 6 heteroatoms. The molecule has 3 aliphatic rings. The maximum Gasteiger partial charge on any atom is 0.229 e. The van der Waals surface area contributed by atoms with Crippen LogP contribution in [0.25, 0.3) is 0 Å². The van der Waals surface area contributed by atoms with Gasteiger partial charge in [0, 0.05) is 18.6 Å². The number of rotatable bonds is 3. The lowest BCUT2D eigenvalue weighted by Crippen LogP contribution is -2.72. The molecule has 1 amide bonds. The van der Waals surface area contributed by atoms with Crippen molar-refractivity contribution >= 4 is 5.91 Å². The number of ether oxygens (including phenoxy) is 1. The Kier molecular flexibility index (Phi) is 3.42. The molecule has 23 heavy (non-hydrogen) atoms.